The predicted octanol–water partition coefficient (Wildman–Crippen LogP) is 4.28. The Morgan fingerprint density at radius 2 is 1.62 bits per heavy atom. The van der Waals surface area contributed by atoms with E-state index in [2.05, 4.69) is 10.6 Å². The van der Waals surface area contributed by atoms with Crippen LogP contribution in [0.5, 0.6) is 11.5 Å². The van der Waals surface area contributed by atoms with E-state index in [-0.39, 0.29) is 23.8 Å². The number of hydrogen-bond acceptors (Lipinski definition) is 3. The molecule has 0 atom stereocenters. The van der Waals surface area contributed by atoms with Crippen molar-refractivity contribution in [3.63, 3.8) is 0 Å². The van der Waals surface area contributed by atoms with Gasteiger partial charge in [-0.15, -0.1) is 0 Å². The summed E-state index contributed by atoms with van der Waals surface area (Å²) in [5.74, 6) is 0.797. The minimum Gasteiger partial charge on any atom is -0.455 e. The first-order valence-corrected chi connectivity index (χ1v) is 8.63. The standard InChI is InChI=1S/C21H26N2O3/c1-15-9-11-16(12-10-15)26-18-8-6-5-7-17(18)23-20(25)14-22-19(24)13-21(2,3)4/h5-12H,13-14H2,1-4H3,(H,22,24)(H,23,25). The summed E-state index contributed by atoms with van der Waals surface area (Å²) in [6.07, 6.45) is 0.368. The number of benzene rings is 2. The van der Waals surface area contributed by atoms with Gasteiger partial charge in [-0.1, -0.05) is 50.6 Å². The minimum absolute atomic E-state index is 0.0756. The van der Waals surface area contributed by atoms with E-state index in [4.69, 9.17) is 4.74 Å². The summed E-state index contributed by atoms with van der Waals surface area (Å²) in [6, 6.07) is 14.9. The number of nitrogens with one attached hydrogen (secondary N) is 2. The Labute approximate surface area is 154 Å². The molecule has 26 heavy (non-hydrogen) atoms. The zero-order chi connectivity index (χ0) is 19.2. The quantitative estimate of drug-likeness (QED) is 0.814. The largest absolute Gasteiger partial charge is 0.455 e. The third-order valence-electron chi connectivity index (χ3n) is 3.55. The molecule has 0 aliphatic rings. The Morgan fingerprint density at radius 3 is 2.27 bits per heavy atom. The van der Waals surface area contributed by atoms with Gasteiger partial charge < -0.3 is 15.4 Å². The Hall–Kier alpha value is -2.82. The molecule has 5 nitrogen and oxygen atoms in total. The molecule has 2 rings (SSSR count). The van der Waals surface area contributed by atoms with Crippen LogP contribution in [-0.4, -0.2) is 18.4 Å². The lowest BCUT2D eigenvalue weighted by Crippen LogP contribution is -2.34. The summed E-state index contributed by atoms with van der Waals surface area (Å²) in [6.45, 7) is 7.86. The number of aryl methyl sites for hydroxylation is 1. The third-order valence-corrected chi connectivity index (χ3v) is 3.55. The number of anilines is 1. The van der Waals surface area contributed by atoms with E-state index in [1.54, 1.807) is 12.1 Å². The summed E-state index contributed by atoms with van der Waals surface area (Å²) in [7, 11) is 0. The first kappa shape index (κ1) is 19.5. The van der Waals surface area contributed by atoms with Crippen LogP contribution in [0.15, 0.2) is 48.5 Å². The molecule has 2 aromatic rings. The zero-order valence-corrected chi connectivity index (χ0v) is 15.8. The smallest absolute Gasteiger partial charge is 0.243 e. The second-order valence-electron chi connectivity index (χ2n) is 7.47. The second-order valence-corrected chi connectivity index (χ2v) is 7.47. The molecule has 0 spiro atoms. The van der Waals surface area contributed by atoms with Crippen LogP contribution in [-0.2, 0) is 9.59 Å². The number of hydrogen-bond donors (Lipinski definition) is 2. The van der Waals surface area contributed by atoms with Gasteiger partial charge in [0.2, 0.25) is 11.8 Å². The van der Waals surface area contributed by atoms with Gasteiger partial charge in [0.25, 0.3) is 0 Å². The molecule has 0 aliphatic heterocycles. The number of ether oxygens (including phenoxy) is 1. The van der Waals surface area contributed by atoms with E-state index in [0.717, 1.165) is 5.56 Å². The molecule has 0 aliphatic carbocycles. The Balaban J connectivity index is 1.95. The van der Waals surface area contributed by atoms with Crippen LogP contribution in [0.25, 0.3) is 0 Å². The van der Waals surface area contributed by atoms with Gasteiger partial charge in [0, 0.05) is 6.42 Å². The van der Waals surface area contributed by atoms with Crippen LogP contribution in [0.2, 0.25) is 0 Å². The summed E-state index contributed by atoms with van der Waals surface area (Å²) in [4.78, 5) is 24.0. The summed E-state index contributed by atoms with van der Waals surface area (Å²) < 4.78 is 5.85. The van der Waals surface area contributed by atoms with Gasteiger partial charge in [-0.05, 0) is 36.6 Å². The average molecular weight is 354 g/mol. The van der Waals surface area contributed by atoms with E-state index in [9.17, 15) is 9.59 Å². The SMILES string of the molecule is Cc1ccc(Oc2ccccc2NC(=O)CNC(=O)CC(C)(C)C)cc1. The molecule has 0 bridgehead atoms. The van der Waals surface area contributed by atoms with Gasteiger partial charge in [0.05, 0.1) is 12.2 Å². The number of carbonyl (C=O) groups excluding carboxylic acids is 2. The molecule has 138 valence electrons. The van der Waals surface area contributed by atoms with Gasteiger partial charge in [-0.3, -0.25) is 9.59 Å². The van der Waals surface area contributed by atoms with Crippen molar-refractivity contribution < 1.29 is 14.3 Å². The second kappa shape index (κ2) is 8.52. The maximum atomic E-state index is 12.2. The van der Waals surface area contributed by atoms with Crippen molar-refractivity contribution in [1.82, 2.24) is 5.32 Å². The maximum Gasteiger partial charge on any atom is 0.243 e. The normalized spacial score (nSPS) is 10.9. The molecule has 5 heteroatoms. The lowest BCUT2D eigenvalue weighted by atomic mass is 9.92. The van der Waals surface area contributed by atoms with Gasteiger partial charge in [-0.25, -0.2) is 0 Å². The fourth-order valence-corrected chi connectivity index (χ4v) is 2.31. The van der Waals surface area contributed by atoms with Crippen molar-refractivity contribution in [3.05, 3.63) is 54.1 Å². The molecule has 0 fully saturated rings. The summed E-state index contributed by atoms with van der Waals surface area (Å²) in [5, 5.41) is 5.42. The van der Waals surface area contributed by atoms with Gasteiger partial charge in [0.1, 0.15) is 5.75 Å². The summed E-state index contributed by atoms with van der Waals surface area (Å²) >= 11 is 0. The van der Waals surface area contributed by atoms with Crippen LogP contribution in [0.1, 0.15) is 32.8 Å². The lowest BCUT2D eigenvalue weighted by Gasteiger charge is -2.17. The van der Waals surface area contributed by atoms with Crippen molar-refractivity contribution >= 4 is 17.5 Å². The number of para-hydroxylation sites is 2. The van der Waals surface area contributed by atoms with Crippen molar-refractivity contribution in [2.75, 3.05) is 11.9 Å². The van der Waals surface area contributed by atoms with Crippen LogP contribution in [0.3, 0.4) is 0 Å². The van der Waals surface area contributed by atoms with Crippen LogP contribution in [0, 0.1) is 12.3 Å². The first-order valence-electron chi connectivity index (χ1n) is 8.63. The molecule has 0 unspecified atom stereocenters. The van der Waals surface area contributed by atoms with Gasteiger partial charge in [-0.2, -0.15) is 0 Å². The van der Waals surface area contributed by atoms with Crippen LogP contribution in [0.4, 0.5) is 5.69 Å². The Kier molecular flexibility index (Phi) is 6.39. The highest BCUT2D eigenvalue weighted by atomic mass is 16.5. The van der Waals surface area contributed by atoms with Crippen LogP contribution >= 0.6 is 0 Å². The maximum absolute atomic E-state index is 12.2. The highest BCUT2D eigenvalue weighted by Crippen LogP contribution is 2.29. The summed E-state index contributed by atoms with van der Waals surface area (Å²) in [5.41, 5.74) is 1.59. The molecular formula is C21H26N2O3. The van der Waals surface area contributed by atoms with E-state index in [1.165, 1.54) is 0 Å². The number of amides is 2. The van der Waals surface area contributed by atoms with E-state index in [1.807, 2.05) is 64.1 Å². The van der Waals surface area contributed by atoms with Crippen molar-refractivity contribution in [2.24, 2.45) is 5.41 Å². The highest BCUT2D eigenvalue weighted by molar-refractivity contribution is 5.95. The average Bonchev–Trinajstić information content (AvgIpc) is 2.55. The Morgan fingerprint density at radius 1 is 0.962 bits per heavy atom. The van der Waals surface area contributed by atoms with E-state index in [0.29, 0.717) is 23.6 Å². The minimum atomic E-state index is -0.299. The molecule has 2 N–H and O–H groups in total. The first-order chi connectivity index (χ1) is 12.2. The molecule has 2 amide bonds. The molecule has 0 radical (unpaired) electrons. The molecule has 0 heterocycles. The fourth-order valence-electron chi connectivity index (χ4n) is 2.31. The predicted molar refractivity (Wildman–Crippen MR) is 103 cm³/mol. The van der Waals surface area contributed by atoms with Crippen molar-refractivity contribution in [2.45, 2.75) is 34.1 Å². The van der Waals surface area contributed by atoms with Crippen LogP contribution < -0.4 is 15.4 Å². The number of rotatable bonds is 6. The molecule has 0 aromatic heterocycles. The fraction of sp³-hybridized carbons (Fsp3) is 0.333. The van der Waals surface area contributed by atoms with E-state index >= 15 is 0 Å². The topological polar surface area (TPSA) is 67.4 Å². The number of carbonyl (C=O) groups is 2. The van der Waals surface area contributed by atoms with Gasteiger partial charge in [0.15, 0.2) is 5.75 Å². The monoisotopic (exact) mass is 354 g/mol. The molecular weight excluding hydrogens is 328 g/mol. The van der Waals surface area contributed by atoms with Crippen molar-refractivity contribution in [3.8, 4) is 11.5 Å². The van der Waals surface area contributed by atoms with Crippen molar-refractivity contribution in [1.29, 1.82) is 0 Å². The lowest BCUT2D eigenvalue weighted by molar-refractivity contribution is -0.125. The van der Waals surface area contributed by atoms with Gasteiger partial charge >= 0.3 is 0 Å². The zero-order valence-electron chi connectivity index (χ0n) is 15.8. The van der Waals surface area contributed by atoms with E-state index < -0.39 is 0 Å². The highest BCUT2D eigenvalue weighted by Gasteiger charge is 2.16. The third kappa shape index (κ3) is 6.59. The molecule has 0 saturated carbocycles. The Bertz CT molecular complexity index is 762. The molecule has 2 aromatic carbocycles. The molecule has 0 saturated heterocycles.